The fourth-order valence-electron chi connectivity index (χ4n) is 2.96. The zero-order valence-corrected chi connectivity index (χ0v) is 15.4. The lowest BCUT2D eigenvalue weighted by Crippen LogP contribution is -2.51. The molecule has 1 fully saturated rings. The van der Waals surface area contributed by atoms with Crippen LogP contribution in [0.25, 0.3) is 0 Å². The van der Waals surface area contributed by atoms with Crippen molar-refractivity contribution in [1.29, 1.82) is 0 Å². The van der Waals surface area contributed by atoms with E-state index in [9.17, 15) is 19.2 Å². The first kappa shape index (κ1) is 21.6. The molecule has 1 aliphatic rings. The molecule has 0 bridgehead atoms. The normalized spacial score (nSPS) is 23.6. The fourth-order valence-corrected chi connectivity index (χ4v) is 2.96. The van der Waals surface area contributed by atoms with Crippen LogP contribution in [0, 0.1) is 0 Å². The van der Waals surface area contributed by atoms with Gasteiger partial charge in [-0.1, -0.05) is 6.08 Å². The Morgan fingerprint density at radius 3 is 2.12 bits per heavy atom. The zero-order chi connectivity index (χ0) is 19.9. The van der Waals surface area contributed by atoms with Crippen molar-refractivity contribution in [2.24, 2.45) is 0 Å². The standard InChI is InChI=1S/C17H25NO8/c1-6-7-18-8-14(24-11(3)20)17(26-13(5)22)16(18)15(25-12(4)21)9-23-10(2)19/h6,14-17H,1,7-9H2,2-5H3/t14-,15-,16+,17-/m1/s1. The molecule has 0 saturated carbocycles. The molecule has 0 radical (unpaired) electrons. The summed E-state index contributed by atoms with van der Waals surface area (Å²) >= 11 is 0. The SMILES string of the molecule is C=CCN1C[C@@H](OC(C)=O)[C@@H](OC(C)=O)[C@@H]1[C@@H](COC(C)=O)OC(C)=O. The van der Waals surface area contributed by atoms with E-state index in [0.29, 0.717) is 6.54 Å². The summed E-state index contributed by atoms with van der Waals surface area (Å²) in [4.78, 5) is 47.5. The van der Waals surface area contributed by atoms with Crippen LogP contribution in [0.15, 0.2) is 12.7 Å². The number of nitrogens with zero attached hydrogens (tertiary/aromatic N) is 1. The maximum Gasteiger partial charge on any atom is 0.303 e. The number of carbonyl (C=O) groups excluding carboxylic acids is 4. The van der Waals surface area contributed by atoms with E-state index in [1.807, 2.05) is 0 Å². The van der Waals surface area contributed by atoms with Crippen LogP contribution in [0.4, 0.5) is 0 Å². The van der Waals surface area contributed by atoms with Gasteiger partial charge in [0.05, 0.1) is 6.04 Å². The van der Waals surface area contributed by atoms with Gasteiger partial charge in [0.25, 0.3) is 0 Å². The molecule has 0 unspecified atom stereocenters. The molecule has 0 aromatic heterocycles. The summed E-state index contributed by atoms with van der Waals surface area (Å²) in [7, 11) is 0. The number of hydrogen-bond donors (Lipinski definition) is 0. The topological polar surface area (TPSA) is 108 Å². The van der Waals surface area contributed by atoms with Crippen molar-refractivity contribution in [3.05, 3.63) is 12.7 Å². The van der Waals surface area contributed by atoms with Crippen molar-refractivity contribution in [2.45, 2.75) is 52.0 Å². The molecule has 0 aromatic rings. The lowest BCUT2D eigenvalue weighted by Gasteiger charge is -2.32. The predicted molar refractivity (Wildman–Crippen MR) is 88.9 cm³/mol. The molecule has 0 aliphatic carbocycles. The van der Waals surface area contributed by atoms with E-state index < -0.39 is 48.2 Å². The van der Waals surface area contributed by atoms with E-state index in [0.717, 1.165) is 0 Å². The van der Waals surface area contributed by atoms with Crippen LogP contribution >= 0.6 is 0 Å². The second-order valence-corrected chi connectivity index (χ2v) is 5.91. The van der Waals surface area contributed by atoms with Gasteiger partial charge in [0.2, 0.25) is 0 Å². The highest BCUT2D eigenvalue weighted by Crippen LogP contribution is 2.28. The molecule has 0 aromatic carbocycles. The van der Waals surface area contributed by atoms with Gasteiger partial charge in [-0.25, -0.2) is 0 Å². The monoisotopic (exact) mass is 371 g/mol. The Bertz CT molecular complexity index is 561. The third-order valence-electron chi connectivity index (χ3n) is 3.67. The van der Waals surface area contributed by atoms with E-state index in [1.165, 1.54) is 27.7 Å². The van der Waals surface area contributed by atoms with E-state index in [1.54, 1.807) is 11.0 Å². The molecule has 1 heterocycles. The second-order valence-electron chi connectivity index (χ2n) is 5.91. The third kappa shape index (κ3) is 6.47. The lowest BCUT2D eigenvalue weighted by atomic mass is 10.0. The Morgan fingerprint density at radius 1 is 1.04 bits per heavy atom. The first-order chi connectivity index (χ1) is 12.1. The van der Waals surface area contributed by atoms with E-state index in [2.05, 4.69) is 6.58 Å². The molecule has 9 nitrogen and oxygen atoms in total. The summed E-state index contributed by atoms with van der Waals surface area (Å²) in [6.45, 7) is 8.98. The maximum absolute atomic E-state index is 11.6. The van der Waals surface area contributed by atoms with Gasteiger partial charge in [0.15, 0.2) is 18.3 Å². The molecule has 0 amide bonds. The van der Waals surface area contributed by atoms with Crippen LogP contribution in [0.3, 0.4) is 0 Å². The minimum Gasteiger partial charge on any atom is -0.462 e. The number of hydrogen-bond acceptors (Lipinski definition) is 9. The number of rotatable bonds is 8. The minimum atomic E-state index is -0.916. The van der Waals surface area contributed by atoms with Crippen molar-refractivity contribution in [2.75, 3.05) is 19.7 Å². The summed E-state index contributed by atoms with van der Waals surface area (Å²) in [6.07, 6.45) is -0.945. The average Bonchev–Trinajstić information content (AvgIpc) is 2.79. The minimum absolute atomic E-state index is 0.224. The van der Waals surface area contributed by atoms with E-state index >= 15 is 0 Å². The summed E-state index contributed by atoms with van der Waals surface area (Å²) in [5, 5.41) is 0. The summed E-state index contributed by atoms with van der Waals surface area (Å²) in [6, 6.07) is -0.676. The summed E-state index contributed by atoms with van der Waals surface area (Å²) in [5.41, 5.74) is 0. The van der Waals surface area contributed by atoms with Crippen LogP contribution in [0.1, 0.15) is 27.7 Å². The molecular formula is C17H25NO8. The van der Waals surface area contributed by atoms with Crippen molar-refractivity contribution in [3.8, 4) is 0 Å². The second kappa shape index (κ2) is 9.91. The van der Waals surface area contributed by atoms with Crippen molar-refractivity contribution < 1.29 is 38.1 Å². The Morgan fingerprint density at radius 2 is 1.65 bits per heavy atom. The van der Waals surface area contributed by atoms with Crippen LogP contribution in [-0.4, -0.2) is 72.8 Å². The van der Waals surface area contributed by atoms with Gasteiger partial charge in [-0.15, -0.1) is 6.58 Å². The van der Waals surface area contributed by atoms with Gasteiger partial charge in [-0.3, -0.25) is 24.1 Å². The zero-order valence-electron chi connectivity index (χ0n) is 15.4. The highest BCUT2D eigenvalue weighted by atomic mass is 16.6. The van der Waals surface area contributed by atoms with Gasteiger partial charge in [0.1, 0.15) is 6.61 Å². The van der Waals surface area contributed by atoms with Crippen LogP contribution in [0.5, 0.6) is 0 Å². The highest BCUT2D eigenvalue weighted by Gasteiger charge is 2.50. The Kier molecular flexibility index (Phi) is 8.24. The molecule has 0 N–H and O–H groups in total. The van der Waals surface area contributed by atoms with Gasteiger partial charge in [-0.2, -0.15) is 0 Å². The van der Waals surface area contributed by atoms with Crippen LogP contribution in [0.2, 0.25) is 0 Å². The lowest BCUT2D eigenvalue weighted by molar-refractivity contribution is -0.172. The molecular weight excluding hydrogens is 346 g/mol. The third-order valence-corrected chi connectivity index (χ3v) is 3.67. The maximum atomic E-state index is 11.6. The molecule has 1 saturated heterocycles. The Hall–Kier alpha value is -2.42. The van der Waals surface area contributed by atoms with Gasteiger partial charge >= 0.3 is 23.9 Å². The molecule has 146 valence electrons. The summed E-state index contributed by atoms with van der Waals surface area (Å²) in [5.74, 6) is -2.24. The van der Waals surface area contributed by atoms with Crippen LogP contribution in [-0.2, 0) is 38.1 Å². The van der Waals surface area contributed by atoms with Gasteiger partial charge in [0, 0.05) is 40.8 Å². The Balaban J connectivity index is 3.19. The first-order valence-corrected chi connectivity index (χ1v) is 8.15. The number of carbonyl (C=O) groups is 4. The fraction of sp³-hybridized carbons (Fsp3) is 0.647. The van der Waals surface area contributed by atoms with Crippen molar-refractivity contribution >= 4 is 23.9 Å². The van der Waals surface area contributed by atoms with Crippen molar-refractivity contribution in [3.63, 3.8) is 0 Å². The average molecular weight is 371 g/mol. The smallest absolute Gasteiger partial charge is 0.303 e. The first-order valence-electron chi connectivity index (χ1n) is 8.15. The number of ether oxygens (including phenoxy) is 4. The Labute approximate surface area is 152 Å². The molecule has 4 atom stereocenters. The van der Waals surface area contributed by atoms with Gasteiger partial charge < -0.3 is 18.9 Å². The van der Waals surface area contributed by atoms with Crippen LogP contribution < -0.4 is 0 Å². The van der Waals surface area contributed by atoms with E-state index in [4.69, 9.17) is 18.9 Å². The largest absolute Gasteiger partial charge is 0.462 e. The molecule has 26 heavy (non-hydrogen) atoms. The highest BCUT2D eigenvalue weighted by molar-refractivity contribution is 5.68. The van der Waals surface area contributed by atoms with Gasteiger partial charge in [-0.05, 0) is 0 Å². The van der Waals surface area contributed by atoms with Crippen molar-refractivity contribution in [1.82, 2.24) is 4.90 Å². The van der Waals surface area contributed by atoms with E-state index in [-0.39, 0.29) is 13.2 Å². The molecule has 1 aliphatic heterocycles. The quantitative estimate of drug-likeness (QED) is 0.336. The number of likely N-dealkylation sites (tertiary alicyclic amines) is 1. The predicted octanol–water partition coefficient (Wildman–Crippen LogP) is 0.215. The number of esters is 4. The molecule has 9 heteroatoms. The summed E-state index contributed by atoms with van der Waals surface area (Å²) < 4.78 is 20.9. The molecule has 0 spiro atoms. The molecule has 1 rings (SSSR count).